The van der Waals surface area contributed by atoms with Crippen LogP contribution in [0.2, 0.25) is 0 Å². The molecule has 0 radical (unpaired) electrons. The molecule has 1 aromatic rings. The molecule has 3 aliphatic carbocycles. The quantitative estimate of drug-likeness (QED) is 0.670. The van der Waals surface area contributed by atoms with Crippen molar-refractivity contribution >= 4 is 0 Å². The van der Waals surface area contributed by atoms with Gasteiger partial charge < -0.3 is 0 Å². The Labute approximate surface area is 77.9 Å². The molecule has 0 aromatic carbocycles. The lowest BCUT2D eigenvalue weighted by molar-refractivity contribution is 0.646. The average molecular weight is 174 g/mol. The summed E-state index contributed by atoms with van der Waals surface area (Å²) < 4.78 is 2.13. The first kappa shape index (κ1) is 6.63. The number of fused-ring (bicyclic) bond motifs is 1. The highest BCUT2D eigenvalue weighted by molar-refractivity contribution is 5.33. The molecule has 0 bridgehead atoms. The molecule has 2 atom stereocenters. The summed E-state index contributed by atoms with van der Waals surface area (Å²) in [6.45, 7) is 0. The van der Waals surface area contributed by atoms with Gasteiger partial charge in [-0.05, 0) is 37.2 Å². The van der Waals surface area contributed by atoms with Crippen molar-refractivity contribution in [3.05, 3.63) is 17.5 Å². The normalized spacial score (nSPS) is 40.2. The lowest BCUT2D eigenvalue weighted by Gasteiger charge is -2.02. The van der Waals surface area contributed by atoms with E-state index in [1.165, 1.54) is 30.7 Å². The number of nitrogens with zero attached hydrogens (tertiary/aromatic N) is 2. The number of hydrogen-bond acceptors (Lipinski definition) is 1. The minimum atomic E-state index is 0.815. The molecule has 0 N–H and O–H groups in total. The molecular weight excluding hydrogens is 160 g/mol. The summed E-state index contributed by atoms with van der Waals surface area (Å²) >= 11 is 0. The number of hydrogen-bond donors (Lipinski definition) is 0. The molecule has 3 fully saturated rings. The van der Waals surface area contributed by atoms with Gasteiger partial charge in [0.25, 0.3) is 0 Å². The van der Waals surface area contributed by atoms with E-state index in [-0.39, 0.29) is 0 Å². The summed E-state index contributed by atoms with van der Waals surface area (Å²) in [7, 11) is 2.11. The largest absolute Gasteiger partial charge is 0.272 e. The van der Waals surface area contributed by atoms with Gasteiger partial charge in [-0.25, -0.2) is 0 Å². The van der Waals surface area contributed by atoms with E-state index in [0.29, 0.717) is 0 Å². The van der Waals surface area contributed by atoms with Crippen LogP contribution in [0, 0.1) is 11.8 Å². The number of rotatable bonds is 2. The Bertz CT molecular complexity index is 367. The van der Waals surface area contributed by atoms with Gasteiger partial charge in [0.15, 0.2) is 0 Å². The van der Waals surface area contributed by atoms with Crippen LogP contribution in [0.25, 0.3) is 0 Å². The maximum atomic E-state index is 4.61. The van der Waals surface area contributed by atoms with E-state index >= 15 is 0 Å². The molecule has 68 valence electrons. The van der Waals surface area contributed by atoms with Gasteiger partial charge in [-0.15, -0.1) is 0 Å². The molecule has 1 heterocycles. The van der Waals surface area contributed by atoms with E-state index < -0.39 is 0 Å². The van der Waals surface area contributed by atoms with E-state index in [1.54, 1.807) is 0 Å². The van der Waals surface area contributed by atoms with Crippen LogP contribution in [0.5, 0.6) is 0 Å². The Morgan fingerprint density at radius 3 is 2.69 bits per heavy atom. The fraction of sp³-hybridized carbons (Fsp3) is 0.727. The fourth-order valence-corrected chi connectivity index (χ4v) is 2.61. The smallest absolute Gasteiger partial charge is 0.0658 e. The Hall–Kier alpha value is -0.790. The van der Waals surface area contributed by atoms with Crippen molar-refractivity contribution < 1.29 is 0 Å². The Balaban J connectivity index is 1.71. The van der Waals surface area contributed by atoms with Crippen molar-refractivity contribution in [1.82, 2.24) is 9.78 Å². The molecular formula is C11H14N2. The fourth-order valence-electron chi connectivity index (χ4n) is 2.61. The predicted molar refractivity (Wildman–Crippen MR) is 49.5 cm³/mol. The second kappa shape index (κ2) is 1.84. The molecule has 0 amide bonds. The molecule has 0 aliphatic heterocycles. The monoisotopic (exact) mass is 174 g/mol. The van der Waals surface area contributed by atoms with E-state index in [4.69, 9.17) is 0 Å². The van der Waals surface area contributed by atoms with Gasteiger partial charge in [-0.1, -0.05) is 0 Å². The van der Waals surface area contributed by atoms with Crippen molar-refractivity contribution in [3.63, 3.8) is 0 Å². The third-order valence-corrected chi connectivity index (χ3v) is 3.94. The standard InChI is InChI=1S/C11H14N2/c1-13-10(11-7-4-8(7)11)5-9(12-13)6-2-3-6/h5-8,11H,2-4H2,1H3. The minimum absolute atomic E-state index is 0.815. The zero-order chi connectivity index (χ0) is 8.58. The van der Waals surface area contributed by atoms with Crippen molar-refractivity contribution in [2.75, 3.05) is 0 Å². The molecule has 0 saturated heterocycles. The summed E-state index contributed by atoms with van der Waals surface area (Å²) in [5, 5.41) is 4.61. The van der Waals surface area contributed by atoms with Gasteiger partial charge in [0.1, 0.15) is 0 Å². The van der Waals surface area contributed by atoms with Crippen LogP contribution in [0.4, 0.5) is 0 Å². The third-order valence-electron chi connectivity index (χ3n) is 3.94. The summed E-state index contributed by atoms with van der Waals surface area (Å²) in [6.07, 6.45) is 4.23. The summed E-state index contributed by atoms with van der Waals surface area (Å²) in [6, 6.07) is 2.37. The summed E-state index contributed by atoms with van der Waals surface area (Å²) in [4.78, 5) is 0. The molecule has 3 aliphatic rings. The predicted octanol–water partition coefficient (Wildman–Crippen LogP) is 2.03. The van der Waals surface area contributed by atoms with Crippen LogP contribution in [0.3, 0.4) is 0 Å². The zero-order valence-corrected chi connectivity index (χ0v) is 7.90. The lowest BCUT2D eigenvalue weighted by Crippen LogP contribution is -1.99. The van der Waals surface area contributed by atoms with Crippen molar-refractivity contribution in [2.45, 2.75) is 31.1 Å². The topological polar surface area (TPSA) is 17.8 Å². The lowest BCUT2D eigenvalue weighted by atomic mass is 10.1. The Morgan fingerprint density at radius 2 is 2.15 bits per heavy atom. The van der Waals surface area contributed by atoms with Crippen LogP contribution >= 0.6 is 0 Å². The second-order valence-electron chi connectivity index (χ2n) is 4.98. The van der Waals surface area contributed by atoms with Crippen LogP contribution < -0.4 is 0 Å². The minimum Gasteiger partial charge on any atom is -0.272 e. The molecule has 2 unspecified atom stereocenters. The van der Waals surface area contributed by atoms with E-state index in [0.717, 1.165) is 23.7 Å². The van der Waals surface area contributed by atoms with Gasteiger partial charge in [-0.3, -0.25) is 4.68 Å². The first-order valence-corrected chi connectivity index (χ1v) is 5.38. The molecule has 0 spiro atoms. The summed E-state index contributed by atoms with van der Waals surface area (Å²) in [5.41, 5.74) is 2.88. The molecule has 2 heteroatoms. The maximum absolute atomic E-state index is 4.61. The van der Waals surface area contributed by atoms with E-state index in [9.17, 15) is 0 Å². The number of aromatic nitrogens is 2. The van der Waals surface area contributed by atoms with Gasteiger partial charge >= 0.3 is 0 Å². The Morgan fingerprint density at radius 1 is 1.38 bits per heavy atom. The molecule has 13 heavy (non-hydrogen) atoms. The van der Waals surface area contributed by atoms with Gasteiger partial charge in [0.05, 0.1) is 5.69 Å². The van der Waals surface area contributed by atoms with Crippen molar-refractivity contribution in [1.29, 1.82) is 0 Å². The van der Waals surface area contributed by atoms with Crippen LogP contribution in [0.1, 0.15) is 42.5 Å². The van der Waals surface area contributed by atoms with E-state index in [2.05, 4.69) is 22.9 Å². The highest BCUT2D eigenvalue weighted by Gasteiger charge is 2.65. The Kier molecular flexibility index (Phi) is 0.938. The SMILES string of the molecule is Cn1nc(C2CC2)cc1C1C2CC21. The van der Waals surface area contributed by atoms with Crippen LogP contribution in [0.15, 0.2) is 6.07 Å². The first-order chi connectivity index (χ1) is 6.34. The third kappa shape index (κ3) is 0.812. The van der Waals surface area contributed by atoms with Crippen LogP contribution in [-0.2, 0) is 7.05 Å². The van der Waals surface area contributed by atoms with Crippen molar-refractivity contribution in [2.24, 2.45) is 18.9 Å². The van der Waals surface area contributed by atoms with Crippen molar-refractivity contribution in [3.8, 4) is 0 Å². The van der Waals surface area contributed by atoms with Crippen LogP contribution in [-0.4, -0.2) is 9.78 Å². The average Bonchev–Trinajstić information content (AvgIpc) is 2.93. The molecule has 4 rings (SSSR count). The second-order valence-corrected chi connectivity index (χ2v) is 4.98. The first-order valence-electron chi connectivity index (χ1n) is 5.38. The molecule has 3 saturated carbocycles. The molecule has 1 aromatic heterocycles. The maximum Gasteiger partial charge on any atom is 0.0658 e. The summed E-state index contributed by atoms with van der Waals surface area (Å²) in [5.74, 6) is 3.84. The van der Waals surface area contributed by atoms with E-state index in [1.807, 2.05) is 0 Å². The number of aryl methyl sites for hydroxylation is 1. The van der Waals surface area contributed by atoms with Gasteiger partial charge in [0, 0.05) is 24.6 Å². The van der Waals surface area contributed by atoms with Gasteiger partial charge in [-0.2, -0.15) is 5.10 Å². The zero-order valence-electron chi connectivity index (χ0n) is 7.90. The van der Waals surface area contributed by atoms with Gasteiger partial charge in [0.2, 0.25) is 0 Å². The highest BCUT2D eigenvalue weighted by Crippen LogP contribution is 2.73. The molecule has 2 nitrogen and oxygen atoms in total. The highest BCUT2D eigenvalue weighted by atomic mass is 15.3.